The lowest BCUT2D eigenvalue weighted by Gasteiger charge is -2.36. The van der Waals surface area contributed by atoms with E-state index in [0.717, 1.165) is 6.07 Å². The second-order valence-corrected chi connectivity index (χ2v) is 5.62. The van der Waals surface area contributed by atoms with Crippen LogP contribution >= 0.6 is 0 Å². The molecule has 0 bridgehead atoms. The summed E-state index contributed by atoms with van der Waals surface area (Å²) in [4.78, 5) is 13.0. The van der Waals surface area contributed by atoms with Gasteiger partial charge in [-0.15, -0.1) is 0 Å². The van der Waals surface area contributed by atoms with Gasteiger partial charge in [0.2, 0.25) is 0 Å². The van der Waals surface area contributed by atoms with Crippen molar-refractivity contribution in [2.75, 3.05) is 26.2 Å². The highest BCUT2D eigenvalue weighted by atomic mass is 19.4. The molecule has 1 aliphatic heterocycles. The van der Waals surface area contributed by atoms with Gasteiger partial charge in [-0.2, -0.15) is 13.2 Å². The number of para-hydroxylation sites is 1. The molecule has 5 nitrogen and oxygen atoms in total. The molecule has 8 heteroatoms. The average Bonchev–Trinajstić information content (AvgIpc) is 2.47. The van der Waals surface area contributed by atoms with Gasteiger partial charge in [0.15, 0.2) is 5.60 Å². The van der Waals surface area contributed by atoms with Gasteiger partial charge in [0.1, 0.15) is 12.4 Å². The van der Waals surface area contributed by atoms with Crippen LogP contribution in [0.5, 0.6) is 5.75 Å². The van der Waals surface area contributed by atoms with Crippen LogP contribution in [0, 0.1) is 0 Å². The summed E-state index contributed by atoms with van der Waals surface area (Å²) in [7, 11) is 0. The Bertz CT molecular complexity index is 565. The SMILES string of the molecule is NC(=O)[C@@]1(O)CCCN(CCOc2ccccc2C(F)(F)F)C1. The zero-order valence-corrected chi connectivity index (χ0v) is 12.5. The van der Waals surface area contributed by atoms with Crippen molar-refractivity contribution in [3.05, 3.63) is 29.8 Å². The number of hydrogen-bond acceptors (Lipinski definition) is 4. The number of piperidine rings is 1. The van der Waals surface area contributed by atoms with Crippen LogP contribution in [0.1, 0.15) is 18.4 Å². The number of primary amides is 1. The van der Waals surface area contributed by atoms with Crippen LogP contribution in [-0.2, 0) is 11.0 Å². The molecule has 23 heavy (non-hydrogen) atoms. The van der Waals surface area contributed by atoms with Gasteiger partial charge >= 0.3 is 6.18 Å². The molecule has 1 aliphatic rings. The minimum atomic E-state index is -4.48. The third-order valence-electron chi connectivity index (χ3n) is 3.87. The van der Waals surface area contributed by atoms with E-state index in [0.29, 0.717) is 19.5 Å². The Labute approximate surface area is 131 Å². The molecule has 1 atom stereocenters. The van der Waals surface area contributed by atoms with Gasteiger partial charge in [-0.25, -0.2) is 0 Å². The van der Waals surface area contributed by atoms with Crippen LogP contribution in [0.25, 0.3) is 0 Å². The quantitative estimate of drug-likeness (QED) is 0.855. The number of carbonyl (C=O) groups is 1. The van der Waals surface area contributed by atoms with Crippen molar-refractivity contribution in [1.29, 1.82) is 0 Å². The molecular formula is C15H19F3N2O3. The molecule has 1 heterocycles. The van der Waals surface area contributed by atoms with Crippen molar-refractivity contribution in [3.8, 4) is 5.75 Å². The van der Waals surface area contributed by atoms with Crippen LogP contribution in [0.15, 0.2) is 24.3 Å². The van der Waals surface area contributed by atoms with E-state index in [2.05, 4.69) is 0 Å². The van der Waals surface area contributed by atoms with Gasteiger partial charge in [0.25, 0.3) is 5.91 Å². The highest BCUT2D eigenvalue weighted by molar-refractivity contribution is 5.83. The number of likely N-dealkylation sites (tertiary alicyclic amines) is 1. The van der Waals surface area contributed by atoms with Crippen molar-refractivity contribution >= 4 is 5.91 Å². The Hall–Kier alpha value is -1.80. The monoisotopic (exact) mass is 332 g/mol. The van der Waals surface area contributed by atoms with Crippen molar-refractivity contribution in [2.24, 2.45) is 5.73 Å². The third-order valence-corrected chi connectivity index (χ3v) is 3.87. The van der Waals surface area contributed by atoms with E-state index < -0.39 is 23.2 Å². The van der Waals surface area contributed by atoms with E-state index in [1.807, 2.05) is 0 Å². The molecule has 1 aromatic carbocycles. The highest BCUT2D eigenvalue weighted by Gasteiger charge is 2.38. The fraction of sp³-hybridized carbons (Fsp3) is 0.533. The molecule has 0 unspecified atom stereocenters. The summed E-state index contributed by atoms with van der Waals surface area (Å²) in [5.41, 5.74) is 2.77. The van der Waals surface area contributed by atoms with Crippen LogP contribution < -0.4 is 10.5 Å². The molecule has 1 aromatic rings. The number of β-amino-alcohol motifs (C(OH)–C–C–N with tert-alkyl or cyclic N) is 1. The van der Waals surface area contributed by atoms with Crippen molar-refractivity contribution in [3.63, 3.8) is 0 Å². The number of alkyl halides is 3. The number of rotatable bonds is 5. The summed E-state index contributed by atoms with van der Waals surface area (Å²) in [5.74, 6) is -1.02. The minimum Gasteiger partial charge on any atom is -0.492 e. The third kappa shape index (κ3) is 4.35. The lowest BCUT2D eigenvalue weighted by atomic mass is 9.92. The molecule has 1 saturated heterocycles. The average molecular weight is 332 g/mol. The van der Waals surface area contributed by atoms with Crippen LogP contribution in [0.2, 0.25) is 0 Å². The fourth-order valence-electron chi connectivity index (χ4n) is 2.63. The normalized spacial score (nSPS) is 22.8. The Kier molecular flexibility index (Phi) is 5.16. The first-order valence-electron chi connectivity index (χ1n) is 7.26. The van der Waals surface area contributed by atoms with Crippen molar-refractivity contribution in [2.45, 2.75) is 24.6 Å². The van der Waals surface area contributed by atoms with Gasteiger partial charge in [-0.3, -0.25) is 9.69 Å². The van der Waals surface area contributed by atoms with Crippen molar-refractivity contribution < 1.29 is 27.8 Å². The first-order chi connectivity index (χ1) is 10.7. The summed E-state index contributed by atoms with van der Waals surface area (Å²) in [6.07, 6.45) is -3.61. The number of ether oxygens (including phenoxy) is 1. The van der Waals surface area contributed by atoms with Gasteiger partial charge in [0, 0.05) is 13.1 Å². The van der Waals surface area contributed by atoms with Crippen molar-refractivity contribution in [1.82, 2.24) is 4.90 Å². The van der Waals surface area contributed by atoms with E-state index in [1.165, 1.54) is 18.2 Å². The molecule has 0 radical (unpaired) electrons. The molecule has 0 spiro atoms. The number of nitrogens with two attached hydrogens (primary N) is 1. The molecule has 0 aliphatic carbocycles. The number of amides is 1. The number of carbonyl (C=O) groups excluding carboxylic acids is 1. The Morgan fingerprint density at radius 1 is 1.39 bits per heavy atom. The Morgan fingerprint density at radius 2 is 2.09 bits per heavy atom. The molecule has 1 fully saturated rings. The summed E-state index contributed by atoms with van der Waals surface area (Å²) in [6.45, 7) is 0.996. The summed E-state index contributed by atoms with van der Waals surface area (Å²) < 4.78 is 43.8. The molecule has 128 valence electrons. The van der Waals surface area contributed by atoms with Crippen LogP contribution in [0.4, 0.5) is 13.2 Å². The second-order valence-electron chi connectivity index (χ2n) is 5.62. The smallest absolute Gasteiger partial charge is 0.419 e. The molecule has 2 rings (SSSR count). The molecule has 0 aromatic heterocycles. The second kappa shape index (κ2) is 6.76. The van der Waals surface area contributed by atoms with E-state index in [-0.39, 0.29) is 25.3 Å². The highest BCUT2D eigenvalue weighted by Crippen LogP contribution is 2.35. The lowest BCUT2D eigenvalue weighted by molar-refractivity contribution is -0.142. The Morgan fingerprint density at radius 3 is 2.74 bits per heavy atom. The standard InChI is InChI=1S/C15H19F3N2O3/c16-15(17,18)11-4-1-2-5-12(11)23-9-8-20-7-3-6-14(22,10-20)13(19)21/h1-2,4-5,22H,3,6-10H2,(H2,19,21)/t14-/m1/s1. The van der Waals surface area contributed by atoms with Crippen LogP contribution in [-0.4, -0.2) is 47.8 Å². The predicted molar refractivity (Wildman–Crippen MR) is 76.8 cm³/mol. The van der Waals surface area contributed by atoms with Gasteiger partial charge in [-0.1, -0.05) is 12.1 Å². The van der Waals surface area contributed by atoms with Gasteiger partial charge in [0.05, 0.1) is 5.56 Å². The molecule has 1 amide bonds. The topological polar surface area (TPSA) is 75.8 Å². The fourth-order valence-corrected chi connectivity index (χ4v) is 2.63. The molecule has 3 N–H and O–H groups in total. The zero-order chi connectivity index (χ0) is 17.1. The Balaban J connectivity index is 1.92. The van der Waals surface area contributed by atoms with Gasteiger partial charge < -0.3 is 15.6 Å². The number of nitrogens with zero attached hydrogens (tertiary/aromatic N) is 1. The van der Waals surface area contributed by atoms with E-state index in [1.54, 1.807) is 4.90 Å². The number of benzene rings is 1. The van der Waals surface area contributed by atoms with E-state index >= 15 is 0 Å². The van der Waals surface area contributed by atoms with E-state index in [4.69, 9.17) is 10.5 Å². The molecular weight excluding hydrogens is 313 g/mol. The summed E-state index contributed by atoms with van der Waals surface area (Å²) in [5, 5.41) is 10.1. The van der Waals surface area contributed by atoms with E-state index in [9.17, 15) is 23.1 Å². The predicted octanol–water partition coefficient (Wildman–Crippen LogP) is 1.40. The van der Waals surface area contributed by atoms with Crippen LogP contribution in [0.3, 0.4) is 0 Å². The first-order valence-corrected chi connectivity index (χ1v) is 7.26. The number of hydrogen-bond donors (Lipinski definition) is 2. The molecule has 0 saturated carbocycles. The van der Waals surface area contributed by atoms with Gasteiger partial charge in [-0.05, 0) is 31.5 Å². The number of aliphatic hydroxyl groups is 1. The largest absolute Gasteiger partial charge is 0.492 e. The lowest BCUT2D eigenvalue weighted by Crippen LogP contribution is -2.56. The maximum atomic E-state index is 12.8. The zero-order valence-electron chi connectivity index (χ0n) is 12.5. The number of halogens is 3. The first kappa shape index (κ1) is 17.6. The maximum Gasteiger partial charge on any atom is 0.419 e. The summed E-state index contributed by atoms with van der Waals surface area (Å²) in [6, 6.07) is 4.99. The minimum absolute atomic E-state index is 0.0158. The summed E-state index contributed by atoms with van der Waals surface area (Å²) >= 11 is 0. The maximum absolute atomic E-state index is 12.8.